The summed E-state index contributed by atoms with van der Waals surface area (Å²) in [4.78, 5) is 2.42. The highest BCUT2D eigenvalue weighted by Gasteiger charge is 2.65. The molecule has 2 unspecified atom stereocenters. The number of hydrogen-bond donors (Lipinski definition) is 1. The third kappa shape index (κ3) is 3.89. The van der Waals surface area contributed by atoms with Crippen LogP contribution in [0.15, 0.2) is 34.2 Å². The molecular weight excluding hydrogens is 333 g/mol. The van der Waals surface area contributed by atoms with E-state index in [1.165, 1.54) is 11.8 Å². The van der Waals surface area contributed by atoms with Crippen LogP contribution in [-0.4, -0.2) is 28.0 Å². The first-order valence-electron chi connectivity index (χ1n) is 6.10. The molecule has 0 aliphatic carbocycles. The van der Waals surface area contributed by atoms with E-state index in [0.29, 0.717) is 29.2 Å². The van der Waals surface area contributed by atoms with Gasteiger partial charge in [0.05, 0.1) is 11.1 Å². The van der Waals surface area contributed by atoms with Gasteiger partial charge in [-0.2, -0.15) is 0 Å². The predicted molar refractivity (Wildman–Crippen MR) is 76.9 cm³/mol. The van der Waals surface area contributed by atoms with E-state index in [2.05, 4.69) is 4.99 Å². The van der Waals surface area contributed by atoms with Gasteiger partial charge in [-0.25, -0.2) is 0 Å². The average Bonchev–Trinajstić information content (AvgIpc) is 2.69. The third-order valence-electron chi connectivity index (χ3n) is 3.09. The van der Waals surface area contributed by atoms with Gasteiger partial charge in [-0.1, -0.05) is 38.5 Å². The van der Waals surface area contributed by atoms with Gasteiger partial charge in [0.1, 0.15) is 4.90 Å². The van der Waals surface area contributed by atoms with Gasteiger partial charge in [0.15, 0.2) is 0 Å². The lowest BCUT2D eigenvalue weighted by molar-refractivity contribution is 0.276. The standard InChI is InChI=1S/C12H14F5NOS2/c1-8-11(6-7-19)18-12(20-8)9-2-4-10(5-3-9)21(13,14,15,16)17/h2-5,8,11,19H,6-7H2,1H3. The van der Waals surface area contributed by atoms with E-state index < -0.39 is 15.1 Å². The number of aliphatic hydroxyl groups excluding tert-OH is 1. The first kappa shape index (κ1) is 16.6. The number of nitrogens with zero attached hydrogens (tertiary/aromatic N) is 1. The molecule has 2 rings (SSSR count). The van der Waals surface area contributed by atoms with Crippen molar-refractivity contribution in [3.8, 4) is 0 Å². The Hall–Kier alpha value is -0.800. The lowest BCUT2D eigenvalue weighted by atomic mass is 10.1. The normalized spacial score (nSPS) is 26.1. The van der Waals surface area contributed by atoms with Crippen molar-refractivity contribution < 1.29 is 24.5 Å². The predicted octanol–water partition coefficient (Wildman–Crippen LogP) is 4.98. The van der Waals surface area contributed by atoms with E-state index in [4.69, 9.17) is 5.11 Å². The maximum atomic E-state index is 12.6. The lowest BCUT2D eigenvalue weighted by Crippen LogP contribution is -2.14. The molecule has 0 saturated heterocycles. The van der Waals surface area contributed by atoms with Gasteiger partial charge in [-0.05, 0) is 18.6 Å². The first-order chi connectivity index (χ1) is 9.40. The van der Waals surface area contributed by atoms with Crippen LogP contribution in [0.2, 0.25) is 0 Å². The second-order valence-electron chi connectivity index (χ2n) is 4.83. The zero-order chi connectivity index (χ0) is 16.0. The molecule has 1 aliphatic rings. The molecule has 0 amide bonds. The van der Waals surface area contributed by atoms with Crippen molar-refractivity contribution in [1.29, 1.82) is 0 Å². The van der Waals surface area contributed by atoms with Crippen LogP contribution in [0.1, 0.15) is 18.9 Å². The van der Waals surface area contributed by atoms with E-state index in [9.17, 15) is 19.4 Å². The van der Waals surface area contributed by atoms with Crippen LogP contribution < -0.4 is 0 Å². The van der Waals surface area contributed by atoms with E-state index in [1.54, 1.807) is 0 Å². The molecule has 1 aromatic carbocycles. The Labute approximate surface area is 123 Å². The molecule has 2 atom stereocenters. The summed E-state index contributed by atoms with van der Waals surface area (Å²) >= 11 is 1.36. The van der Waals surface area contributed by atoms with E-state index in [1.807, 2.05) is 6.92 Å². The summed E-state index contributed by atoms with van der Waals surface area (Å²) in [5, 5.41) is 9.50. The quantitative estimate of drug-likeness (QED) is 0.780. The van der Waals surface area contributed by atoms with Crippen molar-refractivity contribution in [3.63, 3.8) is 0 Å². The van der Waals surface area contributed by atoms with Crippen molar-refractivity contribution in [2.24, 2.45) is 4.99 Å². The Bertz CT molecular complexity index is 569. The number of halogens is 5. The van der Waals surface area contributed by atoms with Gasteiger partial charge < -0.3 is 5.11 Å². The minimum absolute atomic E-state index is 0.0322. The van der Waals surface area contributed by atoms with E-state index in [-0.39, 0.29) is 17.9 Å². The van der Waals surface area contributed by atoms with Crippen molar-refractivity contribution in [3.05, 3.63) is 29.8 Å². The zero-order valence-corrected chi connectivity index (χ0v) is 12.6. The lowest BCUT2D eigenvalue weighted by Gasteiger charge is -2.40. The van der Waals surface area contributed by atoms with Crippen molar-refractivity contribution in [2.45, 2.75) is 29.5 Å². The van der Waals surface area contributed by atoms with Crippen molar-refractivity contribution in [2.75, 3.05) is 6.61 Å². The highest BCUT2D eigenvalue weighted by atomic mass is 32.5. The number of rotatable bonds is 4. The third-order valence-corrected chi connectivity index (χ3v) is 5.51. The highest BCUT2D eigenvalue weighted by Crippen LogP contribution is 3.02. The van der Waals surface area contributed by atoms with Crippen LogP contribution in [0.5, 0.6) is 0 Å². The molecule has 120 valence electrons. The van der Waals surface area contributed by atoms with Crippen LogP contribution in [0, 0.1) is 0 Å². The number of thioether (sulfide) groups is 1. The van der Waals surface area contributed by atoms with Crippen LogP contribution >= 0.6 is 22.0 Å². The highest BCUT2D eigenvalue weighted by molar-refractivity contribution is 8.45. The molecule has 9 heteroatoms. The maximum absolute atomic E-state index is 12.6. The fourth-order valence-electron chi connectivity index (χ4n) is 1.97. The summed E-state index contributed by atoms with van der Waals surface area (Å²) in [5.41, 5.74) is 0.373. The van der Waals surface area contributed by atoms with Gasteiger partial charge in [-0.3, -0.25) is 4.99 Å². The molecule has 0 saturated carbocycles. The Morgan fingerprint density at radius 2 is 1.71 bits per heavy atom. The topological polar surface area (TPSA) is 32.6 Å². The Kier molecular flexibility index (Phi) is 3.63. The van der Waals surface area contributed by atoms with Crippen LogP contribution in [0.25, 0.3) is 0 Å². The van der Waals surface area contributed by atoms with Crippen LogP contribution in [-0.2, 0) is 0 Å². The minimum atomic E-state index is -9.62. The maximum Gasteiger partial charge on any atom is 0.310 e. The Balaban J connectivity index is 2.28. The van der Waals surface area contributed by atoms with Crippen molar-refractivity contribution >= 4 is 27.0 Å². The average molecular weight is 347 g/mol. The van der Waals surface area contributed by atoms with Gasteiger partial charge in [0.25, 0.3) is 0 Å². The molecule has 1 aromatic rings. The molecule has 21 heavy (non-hydrogen) atoms. The molecule has 0 fully saturated rings. The first-order valence-corrected chi connectivity index (χ1v) is 8.93. The fraction of sp³-hybridized carbons (Fsp3) is 0.417. The van der Waals surface area contributed by atoms with Crippen LogP contribution in [0.3, 0.4) is 0 Å². The second-order valence-corrected chi connectivity index (χ2v) is 8.61. The molecular formula is C12H14F5NOS2. The molecule has 1 heterocycles. The van der Waals surface area contributed by atoms with E-state index >= 15 is 0 Å². The fourth-order valence-corrected chi connectivity index (χ4v) is 3.79. The monoisotopic (exact) mass is 347 g/mol. The molecule has 0 spiro atoms. The Morgan fingerprint density at radius 1 is 1.14 bits per heavy atom. The van der Waals surface area contributed by atoms with Gasteiger partial charge in [0.2, 0.25) is 0 Å². The summed E-state index contributed by atoms with van der Waals surface area (Å²) in [6, 6.07) is 2.68. The number of hydrogen-bond acceptors (Lipinski definition) is 3. The molecule has 2 nitrogen and oxygen atoms in total. The summed E-state index contributed by atoms with van der Waals surface area (Å²) in [6.07, 6.45) is 0.460. The summed E-state index contributed by atoms with van der Waals surface area (Å²) < 4.78 is 63.1. The largest absolute Gasteiger partial charge is 0.396 e. The molecule has 0 radical (unpaired) electrons. The van der Waals surface area contributed by atoms with E-state index in [0.717, 1.165) is 12.1 Å². The molecule has 0 bridgehead atoms. The molecule has 1 aliphatic heterocycles. The van der Waals surface area contributed by atoms with Gasteiger partial charge in [-0.15, -0.1) is 11.8 Å². The molecule has 1 N–H and O–H groups in total. The summed E-state index contributed by atoms with van der Waals surface area (Å²) in [7, 11) is -9.62. The summed E-state index contributed by atoms with van der Waals surface area (Å²) in [5.74, 6) is 0. The molecule has 0 aromatic heterocycles. The minimum Gasteiger partial charge on any atom is -0.396 e. The zero-order valence-electron chi connectivity index (χ0n) is 11.0. The Morgan fingerprint density at radius 3 is 2.19 bits per heavy atom. The number of benzene rings is 1. The smallest absolute Gasteiger partial charge is 0.310 e. The van der Waals surface area contributed by atoms with Gasteiger partial charge >= 0.3 is 10.2 Å². The SMILES string of the molecule is CC1SC(c2ccc(S(F)(F)(F)(F)F)cc2)=NC1CCO. The number of aliphatic imine (C=N–C) groups is 1. The number of aliphatic hydroxyl groups is 1. The summed E-state index contributed by atoms with van der Waals surface area (Å²) in [6.45, 7) is 1.86. The van der Waals surface area contributed by atoms with Crippen molar-refractivity contribution in [1.82, 2.24) is 0 Å². The van der Waals surface area contributed by atoms with Crippen LogP contribution in [0.4, 0.5) is 19.4 Å². The van der Waals surface area contributed by atoms with Gasteiger partial charge in [0, 0.05) is 17.4 Å². The second kappa shape index (κ2) is 4.60.